The van der Waals surface area contributed by atoms with E-state index in [9.17, 15) is 14.5 Å². The molecule has 0 aliphatic heterocycles. The van der Waals surface area contributed by atoms with E-state index in [1.807, 2.05) is 0 Å². The van der Waals surface area contributed by atoms with Gasteiger partial charge in [0.15, 0.2) is 0 Å². The fraction of sp³-hybridized carbons (Fsp3) is 0.571. The molecule has 5 nitrogen and oxygen atoms in total. The Morgan fingerprint density at radius 2 is 2.15 bits per heavy atom. The number of hydrogen-bond acceptors (Lipinski definition) is 4. The van der Waals surface area contributed by atoms with Gasteiger partial charge in [-0.05, 0) is 32.0 Å². The first kappa shape index (κ1) is 14.7. The first-order valence-corrected chi connectivity index (χ1v) is 6.96. The lowest BCUT2D eigenvalue weighted by Crippen LogP contribution is -2.33. The minimum Gasteiger partial charge on any atom is -0.378 e. The largest absolute Gasteiger partial charge is 0.378 e. The van der Waals surface area contributed by atoms with Gasteiger partial charge in [0, 0.05) is 19.1 Å². The molecule has 20 heavy (non-hydrogen) atoms. The van der Waals surface area contributed by atoms with Gasteiger partial charge in [-0.1, -0.05) is 18.9 Å². The Morgan fingerprint density at radius 1 is 1.45 bits per heavy atom. The summed E-state index contributed by atoms with van der Waals surface area (Å²) in [5.41, 5.74) is -0.231. The van der Waals surface area contributed by atoms with Crippen LogP contribution in [0, 0.1) is 15.9 Å². The zero-order chi connectivity index (χ0) is 14.5. The van der Waals surface area contributed by atoms with Crippen LogP contribution < -0.4 is 5.32 Å². The maximum Gasteiger partial charge on any atom is 0.327 e. The number of para-hydroxylation sites is 1. The number of halogens is 1. The number of hydrogen-bond donors (Lipinski definition) is 1. The molecule has 1 N–H and O–H groups in total. The van der Waals surface area contributed by atoms with Gasteiger partial charge < -0.3 is 10.2 Å². The Hall–Kier alpha value is -1.69. The van der Waals surface area contributed by atoms with Crippen LogP contribution in [0.5, 0.6) is 0 Å². The molecule has 0 aromatic heterocycles. The zero-order valence-electron chi connectivity index (χ0n) is 11.6. The number of nitro groups is 1. The quantitative estimate of drug-likeness (QED) is 0.643. The van der Waals surface area contributed by atoms with E-state index in [4.69, 9.17) is 0 Å². The highest BCUT2D eigenvalue weighted by molar-refractivity contribution is 5.61. The maximum atomic E-state index is 13.4. The van der Waals surface area contributed by atoms with Crippen LogP contribution in [0.2, 0.25) is 0 Å². The molecular formula is C14H20FN3O2. The summed E-state index contributed by atoms with van der Waals surface area (Å²) in [6, 6.07) is 4.73. The van der Waals surface area contributed by atoms with Crippen LogP contribution in [-0.2, 0) is 0 Å². The van der Waals surface area contributed by atoms with E-state index >= 15 is 0 Å². The molecule has 6 heteroatoms. The molecule has 1 aromatic carbocycles. The molecule has 1 aromatic rings. The molecular weight excluding hydrogens is 261 g/mol. The molecule has 0 unspecified atom stereocenters. The number of nitro benzene ring substituents is 1. The van der Waals surface area contributed by atoms with Crippen molar-refractivity contribution in [2.24, 2.45) is 0 Å². The van der Waals surface area contributed by atoms with Crippen LogP contribution in [-0.4, -0.2) is 36.0 Å². The summed E-state index contributed by atoms with van der Waals surface area (Å²) in [6.45, 7) is 1.36. The highest BCUT2D eigenvalue weighted by Crippen LogP contribution is 2.27. The van der Waals surface area contributed by atoms with Crippen molar-refractivity contribution < 1.29 is 9.31 Å². The molecule has 1 saturated carbocycles. The molecule has 0 radical (unpaired) electrons. The maximum absolute atomic E-state index is 13.4. The monoisotopic (exact) mass is 281 g/mol. The van der Waals surface area contributed by atoms with Gasteiger partial charge in [0.2, 0.25) is 5.82 Å². The summed E-state index contributed by atoms with van der Waals surface area (Å²) in [6.07, 6.45) is 4.99. The van der Waals surface area contributed by atoms with Gasteiger partial charge in [-0.3, -0.25) is 10.1 Å². The van der Waals surface area contributed by atoms with Crippen molar-refractivity contribution in [3.63, 3.8) is 0 Å². The molecule has 0 atom stereocenters. The fourth-order valence-corrected chi connectivity index (χ4v) is 2.74. The van der Waals surface area contributed by atoms with Gasteiger partial charge in [-0.2, -0.15) is 4.39 Å². The van der Waals surface area contributed by atoms with E-state index in [0.717, 1.165) is 12.6 Å². The van der Waals surface area contributed by atoms with Crippen molar-refractivity contribution in [2.45, 2.75) is 31.7 Å². The van der Waals surface area contributed by atoms with Crippen LogP contribution in [0.1, 0.15) is 25.7 Å². The fourth-order valence-electron chi connectivity index (χ4n) is 2.74. The highest BCUT2D eigenvalue weighted by atomic mass is 19.1. The van der Waals surface area contributed by atoms with Gasteiger partial charge in [0.05, 0.1) is 4.92 Å². The lowest BCUT2D eigenvalue weighted by atomic mass is 10.2. The SMILES string of the molecule is CN(CCNc1cccc(F)c1[N+](=O)[O-])C1CCCC1. The predicted octanol–water partition coefficient (Wildman–Crippen LogP) is 3.02. The molecule has 0 amide bonds. The van der Waals surface area contributed by atoms with Gasteiger partial charge in [-0.25, -0.2) is 0 Å². The third kappa shape index (κ3) is 3.45. The smallest absolute Gasteiger partial charge is 0.327 e. The Bertz CT molecular complexity index is 475. The minimum atomic E-state index is -0.802. The lowest BCUT2D eigenvalue weighted by Gasteiger charge is -2.24. The highest BCUT2D eigenvalue weighted by Gasteiger charge is 2.21. The van der Waals surface area contributed by atoms with Crippen molar-refractivity contribution in [3.05, 3.63) is 34.1 Å². The number of nitrogens with one attached hydrogen (secondary N) is 1. The lowest BCUT2D eigenvalue weighted by molar-refractivity contribution is -0.386. The summed E-state index contributed by atoms with van der Waals surface area (Å²) in [7, 11) is 2.07. The predicted molar refractivity (Wildman–Crippen MR) is 76.4 cm³/mol. The van der Waals surface area contributed by atoms with Crippen molar-refractivity contribution in [1.29, 1.82) is 0 Å². The summed E-state index contributed by atoms with van der Waals surface area (Å²) in [5.74, 6) is -0.802. The summed E-state index contributed by atoms with van der Waals surface area (Å²) in [5, 5.41) is 13.8. The summed E-state index contributed by atoms with van der Waals surface area (Å²) < 4.78 is 13.4. The average molecular weight is 281 g/mol. The molecule has 110 valence electrons. The number of rotatable bonds is 6. The Labute approximate surface area is 117 Å². The number of likely N-dealkylation sites (N-methyl/N-ethyl adjacent to an activating group) is 1. The Balaban J connectivity index is 1.90. The Kier molecular flexibility index (Phi) is 4.89. The molecule has 2 rings (SSSR count). The number of nitrogens with zero attached hydrogens (tertiary/aromatic N) is 2. The minimum absolute atomic E-state index is 0.245. The van der Waals surface area contributed by atoms with Crippen LogP contribution >= 0.6 is 0 Å². The van der Waals surface area contributed by atoms with Gasteiger partial charge >= 0.3 is 5.69 Å². The van der Waals surface area contributed by atoms with Crippen LogP contribution in [0.3, 0.4) is 0 Å². The van der Waals surface area contributed by atoms with Gasteiger partial charge in [0.1, 0.15) is 5.69 Å². The zero-order valence-corrected chi connectivity index (χ0v) is 11.6. The molecule has 1 fully saturated rings. The van der Waals surface area contributed by atoms with E-state index in [1.165, 1.54) is 37.8 Å². The molecule has 0 bridgehead atoms. The third-order valence-electron chi connectivity index (χ3n) is 3.90. The summed E-state index contributed by atoms with van der Waals surface area (Å²) in [4.78, 5) is 12.5. The molecule has 1 aliphatic carbocycles. The van der Waals surface area contributed by atoms with Gasteiger partial charge in [-0.15, -0.1) is 0 Å². The van der Waals surface area contributed by atoms with Crippen LogP contribution in [0.4, 0.5) is 15.8 Å². The van der Waals surface area contributed by atoms with Crippen LogP contribution in [0.15, 0.2) is 18.2 Å². The van der Waals surface area contributed by atoms with Crippen LogP contribution in [0.25, 0.3) is 0 Å². The van der Waals surface area contributed by atoms with E-state index < -0.39 is 16.4 Å². The normalized spacial score (nSPS) is 15.8. The van der Waals surface area contributed by atoms with Crippen molar-refractivity contribution >= 4 is 11.4 Å². The number of benzene rings is 1. The standard InChI is InChI=1S/C14H20FN3O2/c1-17(11-5-2-3-6-11)10-9-16-13-8-4-7-12(15)14(13)18(19)20/h4,7-8,11,16H,2-3,5-6,9-10H2,1H3. The molecule has 0 heterocycles. The van der Waals surface area contributed by atoms with Crippen molar-refractivity contribution in [3.8, 4) is 0 Å². The first-order chi connectivity index (χ1) is 9.59. The third-order valence-corrected chi connectivity index (χ3v) is 3.90. The van der Waals surface area contributed by atoms with Crippen molar-refractivity contribution in [2.75, 3.05) is 25.5 Å². The average Bonchev–Trinajstić information content (AvgIpc) is 2.92. The molecule has 0 saturated heterocycles. The van der Waals surface area contributed by atoms with Gasteiger partial charge in [0.25, 0.3) is 0 Å². The Morgan fingerprint density at radius 3 is 2.80 bits per heavy atom. The molecule has 0 spiro atoms. The second-order valence-corrected chi connectivity index (χ2v) is 5.24. The summed E-state index contributed by atoms with van der Waals surface area (Å²) >= 11 is 0. The van der Waals surface area contributed by atoms with E-state index in [0.29, 0.717) is 12.6 Å². The second kappa shape index (κ2) is 6.65. The molecule has 1 aliphatic rings. The topological polar surface area (TPSA) is 58.4 Å². The second-order valence-electron chi connectivity index (χ2n) is 5.24. The van der Waals surface area contributed by atoms with E-state index in [-0.39, 0.29) is 5.69 Å². The van der Waals surface area contributed by atoms with E-state index in [2.05, 4.69) is 17.3 Å². The first-order valence-electron chi connectivity index (χ1n) is 6.96. The van der Waals surface area contributed by atoms with E-state index in [1.54, 1.807) is 0 Å². The van der Waals surface area contributed by atoms with Crippen molar-refractivity contribution in [1.82, 2.24) is 4.90 Å². The number of anilines is 1.